The molecule has 0 spiro atoms. The lowest BCUT2D eigenvalue weighted by atomic mass is 9.47. The van der Waals surface area contributed by atoms with Gasteiger partial charge in [-0.05, 0) is 99.1 Å². The number of nitrogens with one attached hydrogen (secondary N) is 1. The van der Waals surface area contributed by atoms with Crippen LogP contribution in [-0.4, -0.2) is 81.4 Å². The van der Waals surface area contributed by atoms with Gasteiger partial charge in [0.05, 0.1) is 11.4 Å². The number of nitrogens with two attached hydrogens (primary N) is 1. The summed E-state index contributed by atoms with van der Waals surface area (Å²) in [6.07, 6.45) is 7.11. The van der Waals surface area contributed by atoms with E-state index in [1.807, 2.05) is 11.0 Å². The number of rotatable bonds is 5. The quantitative estimate of drug-likeness (QED) is 0.532. The number of primary amides is 1. The number of fused-ring (bicyclic) bond motifs is 1. The molecule has 4 aliphatic carbocycles. The average molecular weight is 599 g/mol. The van der Waals surface area contributed by atoms with Crippen LogP contribution in [0.5, 0.6) is 0 Å². The maximum absolute atomic E-state index is 13.8. The summed E-state index contributed by atoms with van der Waals surface area (Å²) in [6.45, 7) is 7.48. The summed E-state index contributed by atoms with van der Waals surface area (Å²) in [6, 6.07) is 18.0. The third-order valence-electron chi connectivity index (χ3n) is 11.9. The molecule has 3 heterocycles. The molecule has 4 saturated carbocycles. The second kappa shape index (κ2) is 11.2. The van der Waals surface area contributed by atoms with Crippen molar-refractivity contribution < 1.29 is 14.3 Å². The van der Waals surface area contributed by atoms with E-state index in [0.717, 1.165) is 108 Å². The van der Waals surface area contributed by atoms with Crippen molar-refractivity contribution in [1.82, 2.24) is 10.2 Å². The number of hydrogen-bond donors (Lipinski definition) is 2. The van der Waals surface area contributed by atoms with Crippen molar-refractivity contribution >= 4 is 34.7 Å². The molecule has 2 aromatic carbocycles. The van der Waals surface area contributed by atoms with Gasteiger partial charge in [-0.1, -0.05) is 12.1 Å². The zero-order valence-electron chi connectivity index (χ0n) is 25.7. The molecule has 9 nitrogen and oxygen atoms in total. The normalized spacial score (nSPS) is 32.0. The molecule has 2 saturated heterocycles. The summed E-state index contributed by atoms with van der Waals surface area (Å²) in [5.74, 6) is 1.13. The van der Waals surface area contributed by atoms with Gasteiger partial charge in [0.1, 0.15) is 0 Å². The Hall–Kier alpha value is -3.30. The van der Waals surface area contributed by atoms with Crippen LogP contribution in [0.15, 0.2) is 48.5 Å². The molecule has 44 heavy (non-hydrogen) atoms. The predicted octanol–water partition coefficient (Wildman–Crippen LogP) is 4.34. The molecule has 4 bridgehead atoms. The fourth-order valence-electron chi connectivity index (χ4n) is 9.86. The second-order valence-electron chi connectivity index (χ2n) is 14.3. The fraction of sp³-hybridized carbons (Fsp3) is 0.600. The van der Waals surface area contributed by atoms with E-state index in [1.165, 1.54) is 5.69 Å². The highest BCUT2D eigenvalue weighted by molar-refractivity contribution is 5.98. The first-order chi connectivity index (χ1) is 21.5. The Balaban J connectivity index is 0.933. The Bertz CT molecular complexity index is 1370. The van der Waals surface area contributed by atoms with Gasteiger partial charge in [-0.3, -0.25) is 14.6 Å². The first kappa shape index (κ1) is 28.2. The molecular weight excluding hydrogens is 552 g/mol. The zero-order valence-corrected chi connectivity index (χ0v) is 25.7. The van der Waals surface area contributed by atoms with E-state index in [2.05, 4.69) is 62.5 Å². The molecule has 9 rings (SSSR count). The van der Waals surface area contributed by atoms with Gasteiger partial charge < -0.3 is 25.6 Å². The monoisotopic (exact) mass is 598 g/mol. The summed E-state index contributed by atoms with van der Waals surface area (Å²) in [5, 5.41) is 3.45. The van der Waals surface area contributed by atoms with Gasteiger partial charge in [-0.2, -0.15) is 0 Å². The molecule has 3 aliphatic heterocycles. The minimum absolute atomic E-state index is 0.0158. The number of ether oxygens (including phenoxy) is 1. The van der Waals surface area contributed by atoms with Crippen molar-refractivity contribution in [2.45, 2.75) is 57.0 Å². The topological polar surface area (TPSA) is 94.4 Å². The molecular formula is C35H46N6O3. The third-order valence-corrected chi connectivity index (χ3v) is 11.9. The van der Waals surface area contributed by atoms with Crippen LogP contribution in [0.1, 0.15) is 44.9 Å². The predicted molar refractivity (Wildman–Crippen MR) is 172 cm³/mol. The van der Waals surface area contributed by atoms with Gasteiger partial charge in [0, 0.05) is 81.4 Å². The number of para-hydroxylation sites is 2. The minimum Gasteiger partial charge on any atom is -0.381 e. The molecule has 234 valence electrons. The third kappa shape index (κ3) is 4.92. The van der Waals surface area contributed by atoms with E-state index in [4.69, 9.17) is 10.5 Å². The minimum atomic E-state index is -0.343. The highest BCUT2D eigenvalue weighted by Crippen LogP contribution is 2.60. The summed E-state index contributed by atoms with van der Waals surface area (Å²) in [7, 11) is 0. The Morgan fingerprint density at radius 2 is 1.45 bits per heavy atom. The fourth-order valence-corrected chi connectivity index (χ4v) is 9.86. The first-order valence-electron chi connectivity index (χ1n) is 16.9. The molecule has 0 aromatic heterocycles. The van der Waals surface area contributed by atoms with E-state index in [-0.39, 0.29) is 23.4 Å². The highest BCUT2D eigenvalue weighted by Gasteiger charge is 2.58. The standard InChI is InChI=1S/C35H46N6O3/c36-33(42)35-21-24-19-25(22-35)32(26(20-24)23-35)37-34(43)41-16-15-40(30-3-1-2-4-31(30)41)29-7-5-27(6-8-29)38-11-13-39(14-12-38)28-9-17-44-18-10-28/h1-8,24-26,28,32H,9-23H2,(H2,36,42)(H,37,43)/t24?,25-,26+,32?,35?. The number of carbonyl (C=O) groups excluding carboxylic acids is 2. The van der Waals surface area contributed by atoms with Crippen LogP contribution in [0.3, 0.4) is 0 Å². The lowest BCUT2D eigenvalue weighted by Gasteiger charge is -2.59. The highest BCUT2D eigenvalue weighted by atomic mass is 16.5. The van der Waals surface area contributed by atoms with Crippen molar-refractivity contribution in [2.24, 2.45) is 28.9 Å². The molecule has 6 fully saturated rings. The van der Waals surface area contributed by atoms with E-state index in [9.17, 15) is 9.59 Å². The number of benzene rings is 2. The lowest BCUT2D eigenvalue weighted by molar-refractivity contribution is -0.145. The van der Waals surface area contributed by atoms with Crippen LogP contribution in [0.25, 0.3) is 0 Å². The van der Waals surface area contributed by atoms with Gasteiger partial charge in [-0.15, -0.1) is 0 Å². The van der Waals surface area contributed by atoms with Gasteiger partial charge in [-0.25, -0.2) is 4.79 Å². The second-order valence-corrected chi connectivity index (χ2v) is 14.3. The van der Waals surface area contributed by atoms with Gasteiger partial charge in [0.15, 0.2) is 0 Å². The molecule has 5 atom stereocenters. The molecule has 9 heteroatoms. The molecule has 3 N–H and O–H groups in total. The van der Waals surface area contributed by atoms with Gasteiger partial charge in [0.25, 0.3) is 0 Å². The summed E-state index contributed by atoms with van der Waals surface area (Å²) in [5.41, 5.74) is 9.99. The molecule has 0 radical (unpaired) electrons. The van der Waals surface area contributed by atoms with E-state index >= 15 is 0 Å². The lowest BCUT2D eigenvalue weighted by Crippen LogP contribution is -2.63. The number of urea groups is 1. The van der Waals surface area contributed by atoms with Gasteiger partial charge >= 0.3 is 6.03 Å². The smallest absolute Gasteiger partial charge is 0.322 e. The average Bonchev–Trinajstić information content (AvgIpc) is 3.06. The van der Waals surface area contributed by atoms with Crippen LogP contribution in [-0.2, 0) is 9.53 Å². The Morgan fingerprint density at radius 1 is 0.795 bits per heavy atom. The SMILES string of the molecule is NC(=O)C12CC3C[C@H](C1)C(NC(=O)N1CCN(c4ccc(N5CCN(C6CCOCC6)CC5)cc4)c4ccccc41)[C@@H](C3)C2. The largest absolute Gasteiger partial charge is 0.381 e. The Morgan fingerprint density at radius 3 is 2.14 bits per heavy atom. The Labute approximate surface area is 260 Å². The zero-order chi connectivity index (χ0) is 29.8. The molecule has 7 aliphatic rings. The first-order valence-corrected chi connectivity index (χ1v) is 16.9. The van der Waals surface area contributed by atoms with E-state index in [0.29, 0.717) is 30.3 Å². The number of piperazine rings is 1. The number of amides is 3. The number of carbonyl (C=O) groups is 2. The maximum atomic E-state index is 13.8. The maximum Gasteiger partial charge on any atom is 0.322 e. The van der Waals surface area contributed by atoms with Crippen molar-refractivity contribution in [3.05, 3.63) is 48.5 Å². The number of hydrogen-bond acceptors (Lipinski definition) is 6. The summed E-state index contributed by atoms with van der Waals surface area (Å²) in [4.78, 5) is 35.7. The molecule has 3 amide bonds. The van der Waals surface area contributed by atoms with Crippen molar-refractivity contribution in [1.29, 1.82) is 0 Å². The summed E-state index contributed by atoms with van der Waals surface area (Å²) < 4.78 is 5.56. The Kier molecular flexibility index (Phi) is 7.21. The van der Waals surface area contributed by atoms with Crippen LogP contribution >= 0.6 is 0 Å². The van der Waals surface area contributed by atoms with Crippen LogP contribution < -0.4 is 25.8 Å². The van der Waals surface area contributed by atoms with Crippen molar-refractivity contribution in [3.63, 3.8) is 0 Å². The van der Waals surface area contributed by atoms with Crippen LogP contribution in [0.2, 0.25) is 0 Å². The van der Waals surface area contributed by atoms with Crippen molar-refractivity contribution in [3.8, 4) is 0 Å². The van der Waals surface area contributed by atoms with Gasteiger partial charge in [0.2, 0.25) is 5.91 Å². The van der Waals surface area contributed by atoms with E-state index < -0.39 is 0 Å². The molecule has 3 unspecified atom stereocenters. The van der Waals surface area contributed by atoms with Crippen LogP contribution in [0, 0.1) is 23.2 Å². The summed E-state index contributed by atoms with van der Waals surface area (Å²) >= 11 is 0. The van der Waals surface area contributed by atoms with E-state index in [1.54, 1.807) is 0 Å². The van der Waals surface area contributed by atoms with Crippen LogP contribution in [0.4, 0.5) is 27.5 Å². The van der Waals surface area contributed by atoms with Crippen molar-refractivity contribution in [2.75, 3.05) is 67.2 Å². The molecule has 2 aromatic rings. The number of anilines is 4. The number of nitrogens with zero attached hydrogens (tertiary/aromatic N) is 4.